The molecule has 0 aliphatic carbocycles. The Morgan fingerprint density at radius 2 is 2.05 bits per heavy atom. The van der Waals surface area contributed by atoms with Crippen molar-refractivity contribution in [3.05, 3.63) is 9.77 Å². The molecule has 0 bridgehead atoms. The Morgan fingerprint density at radius 3 is 2.79 bits per heavy atom. The maximum absolute atomic E-state index is 5.85. The van der Waals surface area contributed by atoms with Crippen molar-refractivity contribution in [2.24, 2.45) is 0 Å². The van der Waals surface area contributed by atoms with E-state index in [9.17, 15) is 0 Å². The summed E-state index contributed by atoms with van der Waals surface area (Å²) in [4.78, 5) is 11.1. The molecule has 6 nitrogen and oxygen atoms in total. The predicted octanol–water partition coefficient (Wildman–Crippen LogP) is 1.09. The monoisotopic (exact) mass is 377 g/mol. The third-order valence-electron chi connectivity index (χ3n) is 3.13. The molecular formula is C12H16IN3O3. The highest BCUT2D eigenvalue weighted by Gasteiger charge is 2.20. The Labute approximate surface area is 125 Å². The highest BCUT2D eigenvalue weighted by Crippen LogP contribution is 2.20. The lowest BCUT2D eigenvalue weighted by atomic mass is 10.3. The van der Waals surface area contributed by atoms with Gasteiger partial charge in [-0.15, -0.1) is 0 Å². The third kappa shape index (κ3) is 3.46. The molecule has 0 aromatic carbocycles. The molecule has 7 heteroatoms. The molecule has 3 heterocycles. The molecule has 0 amide bonds. The Hall–Kier alpha value is -0.670. The van der Waals surface area contributed by atoms with E-state index in [0.29, 0.717) is 12.5 Å². The summed E-state index contributed by atoms with van der Waals surface area (Å²) >= 11 is 2.19. The van der Waals surface area contributed by atoms with Crippen LogP contribution in [0.25, 0.3) is 0 Å². The van der Waals surface area contributed by atoms with Crippen molar-refractivity contribution in [1.82, 2.24) is 9.97 Å². The van der Waals surface area contributed by atoms with Crippen molar-refractivity contribution < 1.29 is 14.2 Å². The molecule has 0 radical (unpaired) electrons. The molecular weight excluding hydrogens is 361 g/mol. The number of morpholine rings is 1. The van der Waals surface area contributed by atoms with Gasteiger partial charge in [0.15, 0.2) is 0 Å². The Bertz CT molecular complexity index is 434. The van der Waals surface area contributed by atoms with Gasteiger partial charge in [0.05, 0.1) is 26.4 Å². The number of nitrogens with zero attached hydrogens (tertiary/aromatic N) is 3. The molecule has 1 unspecified atom stereocenters. The summed E-state index contributed by atoms with van der Waals surface area (Å²) in [5.41, 5.74) is 0. The Kier molecular flexibility index (Phi) is 4.34. The highest BCUT2D eigenvalue weighted by atomic mass is 127. The van der Waals surface area contributed by atoms with Gasteiger partial charge in [-0.2, -0.15) is 4.98 Å². The largest absolute Gasteiger partial charge is 0.472 e. The number of ether oxygens (including phenoxy) is 3. The van der Waals surface area contributed by atoms with E-state index in [1.807, 2.05) is 6.07 Å². The van der Waals surface area contributed by atoms with Gasteiger partial charge < -0.3 is 19.1 Å². The minimum Gasteiger partial charge on any atom is -0.472 e. The summed E-state index contributed by atoms with van der Waals surface area (Å²) in [6, 6.07) is 1.86. The van der Waals surface area contributed by atoms with Crippen LogP contribution in [-0.4, -0.2) is 55.6 Å². The van der Waals surface area contributed by atoms with Crippen LogP contribution in [-0.2, 0) is 9.47 Å². The van der Waals surface area contributed by atoms with Crippen molar-refractivity contribution in [2.45, 2.75) is 12.5 Å². The van der Waals surface area contributed by atoms with Gasteiger partial charge in [0, 0.05) is 25.6 Å². The van der Waals surface area contributed by atoms with Gasteiger partial charge in [-0.1, -0.05) is 0 Å². The zero-order valence-corrected chi connectivity index (χ0v) is 12.7. The van der Waals surface area contributed by atoms with Crippen LogP contribution in [0.3, 0.4) is 0 Å². The van der Waals surface area contributed by atoms with Crippen LogP contribution in [0.2, 0.25) is 0 Å². The minimum atomic E-state index is 0.114. The first-order valence-corrected chi connectivity index (χ1v) is 7.51. The molecule has 2 saturated heterocycles. The van der Waals surface area contributed by atoms with E-state index in [1.165, 1.54) is 0 Å². The van der Waals surface area contributed by atoms with Gasteiger partial charge >= 0.3 is 0 Å². The first-order valence-electron chi connectivity index (χ1n) is 6.43. The summed E-state index contributed by atoms with van der Waals surface area (Å²) < 4.78 is 17.4. The quantitative estimate of drug-likeness (QED) is 0.581. The number of rotatable bonds is 3. The SMILES string of the molecule is Ic1cc(OC2CCOC2)nc(N2CCOCC2)n1. The lowest BCUT2D eigenvalue weighted by molar-refractivity contribution is 0.121. The van der Waals surface area contributed by atoms with E-state index in [2.05, 4.69) is 37.5 Å². The summed E-state index contributed by atoms with van der Waals surface area (Å²) in [5.74, 6) is 1.36. The van der Waals surface area contributed by atoms with E-state index in [4.69, 9.17) is 14.2 Å². The summed E-state index contributed by atoms with van der Waals surface area (Å²) in [6.45, 7) is 4.51. The fraction of sp³-hybridized carbons (Fsp3) is 0.667. The van der Waals surface area contributed by atoms with Crippen molar-refractivity contribution >= 4 is 28.5 Å². The number of halogens is 1. The fourth-order valence-corrected chi connectivity index (χ4v) is 2.61. The summed E-state index contributed by atoms with van der Waals surface area (Å²) in [7, 11) is 0. The standard InChI is InChI=1S/C12H16IN3O3/c13-10-7-11(19-9-1-4-18-8-9)15-12(14-10)16-2-5-17-6-3-16/h7,9H,1-6,8H2. The average molecular weight is 377 g/mol. The average Bonchev–Trinajstić information content (AvgIpc) is 2.92. The molecule has 2 aliphatic heterocycles. The molecule has 0 saturated carbocycles. The van der Waals surface area contributed by atoms with E-state index in [-0.39, 0.29) is 6.10 Å². The molecule has 1 aromatic heterocycles. The molecule has 1 atom stereocenters. The van der Waals surface area contributed by atoms with Gasteiger partial charge in [-0.3, -0.25) is 0 Å². The normalized spacial score (nSPS) is 23.6. The smallest absolute Gasteiger partial charge is 0.229 e. The highest BCUT2D eigenvalue weighted by molar-refractivity contribution is 14.1. The summed E-state index contributed by atoms with van der Waals surface area (Å²) in [6.07, 6.45) is 1.04. The Morgan fingerprint density at radius 1 is 1.21 bits per heavy atom. The molecule has 0 N–H and O–H groups in total. The van der Waals surface area contributed by atoms with Crippen molar-refractivity contribution in [1.29, 1.82) is 0 Å². The van der Waals surface area contributed by atoms with Crippen LogP contribution in [0.5, 0.6) is 5.88 Å². The van der Waals surface area contributed by atoms with E-state index < -0.39 is 0 Å². The predicted molar refractivity (Wildman–Crippen MR) is 77.6 cm³/mol. The molecule has 104 valence electrons. The van der Waals surface area contributed by atoms with E-state index in [1.54, 1.807) is 0 Å². The molecule has 3 rings (SSSR count). The molecule has 19 heavy (non-hydrogen) atoms. The fourth-order valence-electron chi connectivity index (χ4n) is 2.13. The zero-order chi connectivity index (χ0) is 13.1. The molecule has 1 aromatic rings. The number of hydrogen-bond donors (Lipinski definition) is 0. The van der Waals surface area contributed by atoms with Crippen LogP contribution in [0.4, 0.5) is 5.95 Å². The van der Waals surface area contributed by atoms with Gasteiger partial charge in [0.25, 0.3) is 0 Å². The first-order chi connectivity index (χ1) is 9.31. The van der Waals surface area contributed by atoms with Crippen LogP contribution < -0.4 is 9.64 Å². The second kappa shape index (κ2) is 6.19. The van der Waals surface area contributed by atoms with Crippen LogP contribution in [0, 0.1) is 3.70 Å². The van der Waals surface area contributed by atoms with E-state index in [0.717, 1.165) is 49.0 Å². The second-order valence-electron chi connectivity index (χ2n) is 4.53. The Balaban J connectivity index is 1.74. The van der Waals surface area contributed by atoms with Gasteiger partial charge in [0.2, 0.25) is 11.8 Å². The lowest BCUT2D eigenvalue weighted by Crippen LogP contribution is -2.37. The van der Waals surface area contributed by atoms with Crippen LogP contribution in [0.15, 0.2) is 6.07 Å². The zero-order valence-electron chi connectivity index (χ0n) is 10.5. The third-order valence-corrected chi connectivity index (χ3v) is 3.68. The van der Waals surface area contributed by atoms with Gasteiger partial charge in [-0.05, 0) is 22.6 Å². The van der Waals surface area contributed by atoms with Crippen molar-refractivity contribution in [3.63, 3.8) is 0 Å². The minimum absolute atomic E-state index is 0.114. The molecule has 0 spiro atoms. The summed E-state index contributed by atoms with van der Waals surface area (Å²) in [5, 5.41) is 0. The van der Waals surface area contributed by atoms with Gasteiger partial charge in [-0.25, -0.2) is 4.98 Å². The van der Waals surface area contributed by atoms with Gasteiger partial charge in [0.1, 0.15) is 9.80 Å². The number of aromatic nitrogens is 2. The van der Waals surface area contributed by atoms with Crippen LogP contribution >= 0.6 is 22.6 Å². The maximum atomic E-state index is 5.85. The molecule has 2 fully saturated rings. The number of hydrogen-bond acceptors (Lipinski definition) is 6. The first kappa shape index (κ1) is 13.3. The van der Waals surface area contributed by atoms with Crippen molar-refractivity contribution in [3.8, 4) is 5.88 Å². The van der Waals surface area contributed by atoms with Crippen molar-refractivity contribution in [2.75, 3.05) is 44.4 Å². The molecule has 2 aliphatic rings. The van der Waals surface area contributed by atoms with Crippen LogP contribution in [0.1, 0.15) is 6.42 Å². The number of anilines is 1. The van der Waals surface area contributed by atoms with E-state index >= 15 is 0 Å². The topological polar surface area (TPSA) is 56.7 Å². The lowest BCUT2D eigenvalue weighted by Gasteiger charge is -2.27. The maximum Gasteiger partial charge on any atom is 0.229 e. The second-order valence-corrected chi connectivity index (χ2v) is 5.64.